The third-order valence-electron chi connectivity index (χ3n) is 2.85. The zero-order chi connectivity index (χ0) is 10.5. The van der Waals surface area contributed by atoms with E-state index in [0.717, 1.165) is 12.8 Å². The van der Waals surface area contributed by atoms with E-state index in [9.17, 15) is 18.3 Å². The van der Waals surface area contributed by atoms with Gasteiger partial charge in [0.25, 0.3) is 0 Å². The van der Waals surface area contributed by atoms with Gasteiger partial charge in [-0.1, -0.05) is 0 Å². The summed E-state index contributed by atoms with van der Waals surface area (Å²) in [7, 11) is 0. The molecule has 0 aromatic rings. The van der Waals surface area contributed by atoms with Crippen LogP contribution in [0.3, 0.4) is 0 Å². The number of rotatable bonds is 1. The minimum Gasteiger partial charge on any atom is -0.381 e. The number of hydrogen-bond donors (Lipinski definition) is 1. The lowest BCUT2D eigenvalue weighted by molar-refractivity contribution is 0.187. The Kier molecular flexibility index (Phi) is 2.18. The summed E-state index contributed by atoms with van der Waals surface area (Å²) in [6.07, 6.45) is -1.97. The van der Waals surface area contributed by atoms with E-state index in [2.05, 4.69) is 0 Å². The first kappa shape index (κ1) is 9.77. The third kappa shape index (κ3) is 1.29. The molecule has 2 rings (SSSR count). The predicted octanol–water partition coefficient (Wildman–Crippen LogP) is 2.58. The van der Waals surface area contributed by atoms with Crippen LogP contribution < -0.4 is 0 Å². The monoisotopic (exact) mass is 204 g/mol. The predicted molar refractivity (Wildman–Crippen MR) is 45.6 cm³/mol. The van der Waals surface area contributed by atoms with Crippen molar-refractivity contribution in [3.8, 4) is 0 Å². The van der Waals surface area contributed by atoms with Gasteiger partial charge in [0.15, 0.2) is 17.8 Å². The van der Waals surface area contributed by atoms with Gasteiger partial charge in [-0.2, -0.15) is 0 Å². The second-order valence-electron chi connectivity index (χ2n) is 3.87. The van der Waals surface area contributed by atoms with Crippen LogP contribution in [0.1, 0.15) is 19.8 Å². The molecule has 0 aliphatic heterocycles. The number of aliphatic hydroxyl groups excluding tert-OH is 1. The molecule has 0 bridgehead atoms. The van der Waals surface area contributed by atoms with Gasteiger partial charge in [-0.3, -0.25) is 0 Å². The highest BCUT2D eigenvalue weighted by Gasteiger charge is 2.41. The summed E-state index contributed by atoms with van der Waals surface area (Å²) in [4.78, 5) is 0. The minimum atomic E-state index is -1.98. The molecule has 0 aromatic heterocycles. The van der Waals surface area contributed by atoms with E-state index >= 15 is 0 Å². The minimum absolute atomic E-state index is 0.00139. The maximum absolute atomic E-state index is 13.4. The summed E-state index contributed by atoms with van der Waals surface area (Å²) in [6.45, 7) is 1.46. The second kappa shape index (κ2) is 3.12. The second-order valence-corrected chi connectivity index (χ2v) is 3.87. The van der Waals surface area contributed by atoms with Crippen molar-refractivity contribution in [2.75, 3.05) is 0 Å². The molecule has 2 atom stereocenters. The Bertz CT molecular complexity index is 328. The van der Waals surface area contributed by atoms with Crippen LogP contribution in [0.4, 0.5) is 13.2 Å². The summed E-state index contributed by atoms with van der Waals surface area (Å²) in [5.41, 5.74) is 0.482. The molecule has 14 heavy (non-hydrogen) atoms. The van der Waals surface area contributed by atoms with Crippen molar-refractivity contribution in [2.45, 2.75) is 32.0 Å². The topological polar surface area (TPSA) is 20.2 Å². The van der Waals surface area contributed by atoms with E-state index in [-0.39, 0.29) is 17.1 Å². The number of aliphatic hydroxyl groups is 1. The third-order valence-corrected chi connectivity index (χ3v) is 2.85. The first-order chi connectivity index (χ1) is 6.54. The molecule has 0 heterocycles. The average Bonchev–Trinajstić information content (AvgIpc) is 2.96. The van der Waals surface area contributed by atoms with E-state index in [1.54, 1.807) is 0 Å². The lowest BCUT2D eigenvalue weighted by Crippen LogP contribution is -2.25. The average molecular weight is 204 g/mol. The number of hydrogen-bond acceptors (Lipinski definition) is 1. The van der Waals surface area contributed by atoms with Crippen LogP contribution in [0.5, 0.6) is 0 Å². The summed E-state index contributed by atoms with van der Waals surface area (Å²) < 4.78 is 39.2. The van der Waals surface area contributed by atoms with Crippen molar-refractivity contribution in [3.05, 3.63) is 22.8 Å². The first-order valence-corrected chi connectivity index (χ1v) is 4.61. The molecule has 1 nitrogen and oxygen atoms in total. The molecule has 0 radical (unpaired) electrons. The van der Waals surface area contributed by atoms with Gasteiger partial charge in [0.1, 0.15) is 6.10 Å². The summed E-state index contributed by atoms with van der Waals surface area (Å²) in [5.74, 6) is -2.83. The zero-order valence-corrected chi connectivity index (χ0v) is 7.73. The van der Waals surface area contributed by atoms with Crippen molar-refractivity contribution in [2.24, 2.45) is 5.92 Å². The number of alkyl halides is 1. The number of halogens is 3. The van der Waals surface area contributed by atoms with Gasteiger partial charge in [0.2, 0.25) is 0 Å². The zero-order valence-electron chi connectivity index (χ0n) is 7.73. The van der Waals surface area contributed by atoms with E-state index in [1.165, 1.54) is 6.92 Å². The van der Waals surface area contributed by atoms with E-state index in [1.807, 2.05) is 0 Å². The molecule has 1 saturated carbocycles. The Balaban J connectivity index is 2.39. The molecule has 0 amide bonds. The van der Waals surface area contributed by atoms with Crippen molar-refractivity contribution in [1.29, 1.82) is 0 Å². The first-order valence-electron chi connectivity index (χ1n) is 4.61. The standard InChI is InChI=1S/C10H11F3O/c1-4-6(5-2-3-5)7(11)8(12)9(13)10(4)14/h5,7,10,14H,2-3H2,1H3. The molecular weight excluding hydrogens is 193 g/mol. The molecule has 78 valence electrons. The van der Waals surface area contributed by atoms with Gasteiger partial charge >= 0.3 is 0 Å². The number of allylic oxidation sites excluding steroid dienone is 2. The molecular formula is C10H11F3O. The van der Waals surface area contributed by atoms with Crippen LogP contribution in [0.15, 0.2) is 22.8 Å². The molecule has 2 aliphatic carbocycles. The van der Waals surface area contributed by atoms with Crippen LogP contribution in [0, 0.1) is 5.92 Å². The molecule has 0 saturated heterocycles. The van der Waals surface area contributed by atoms with E-state index in [4.69, 9.17) is 0 Å². The van der Waals surface area contributed by atoms with Crippen LogP contribution in [0.25, 0.3) is 0 Å². The highest BCUT2D eigenvalue weighted by atomic mass is 19.2. The fraction of sp³-hybridized carbons (Fsp3) is 0.600. The Labute approximate surface area is 79.9 Å². The van der Waals surface area contributed by atoms with E-state index in [0.29, 0.717) is 0 Å². The maximum atomic E-state index is 13.4. The molecule has 0 spiro atoms. The molecule has 0 aromatic carbocycles. The lowest BCUT2D eigenvalue weighted by Gasteiger charge is -2.24. The fourth-order valence-electron chi connectivity index (χ4n) is 1.86. The van der Waals surface area contributed by atoms with Crippen LogP contribution in [0.2, 0.25) is 0 Å². The molecule has 4 heteroatoms. The van der Waals surface area contributed by atoms with Gasteiger partial charge in [-0.25, -0.2) is 13.2 Å². The normalized spacial score (nSPS) is 34.1. The van der Waals surface area contributed by atoms with Gasteiger partial charge in [-0.15, -0.1) is 0 Å². The van der Waals surface area contributed by atoms with Crippen LogP contribution in [-0.4, -0.2) is 17.4 Å². The Morgan fingerprint density at radius 2 is 1.79 bits per heavy atom. The van der Waals surface area contributed by atoms with Gasteiger partial charge in [0.05, 0.1) is 0 Å². The maximum Gasteiger partial charge on any atom is 0.176 e. The van der Waals surface area contributed by atoms with Crippen LogP contribution in [-0.2, 0) is 0 Å². The van der Waals surface area contributed by atoms with Crippen molar-refractivity contribution >= 4 is 0 Å². The molecule has 1 fully saturated rings. The molecule has 2 unspecified atom stereocenters. The van der Waals surface area contributed by atoms with Gasteiger partial charge in [0, 0.05) is 0 Å². The van der Waals surface area contributed by atoms with Crippen LogP contribution >= 0.6 is 0 Å². The molecule has 2 aliphatic rings. The highest BCUT2D eigenvalue weighted by molar-refractivity contribution is 5.40. The van der Waals surface area contributed by atoms with Crippen molar-refractivity contribution in [3.63, 3.8) is 0 Å². The van der Waals surface area contributed by atoms with Crippen molar-refractivity contribution in [1.82, 2.24) is 0 Å². The van der Waals surface area contributed by atoms with Crippen molar-refractivity contribution < 1.29 is 18.3 Å². The molecule has 1 N–H and O–H groups in total. The van der Waals surface area contributed by atoms with Gasteiger partial charge < -0.3 is 5.11 Å². The summed E-state index contributed by atoms with van der Waals surface area (Å²) >= 11 is 0. The van der Waals surface area contributed by atoms with E-state index < -0.39 is 23.9 Å². The smallest absolute Gasteiger partial charge is 0.176 e. The van der Waals surface area contributed by atoms with Gasteiger partial charge in [-0.05, 0) is 36.8 Å². The lowest BCUT2D eigenvalue weighted by atomic mass is 9.90. The summed E-state index contributed by atoms with van der Waals surface area (Å²) in [5, 5.41) is 9.28. The fourth-order valence-corrected chi connectivity index (χ4v) is 1.86. The quantitative estimate of drug-likeness (QED) is 0.651. The SMILES string of the molecule is CC1=C(C2CC2)C(F)C(F)=C(F)C1O. The Morgan fingerprint density at radius 1 is 1.21 bits per heavy atom. The summed E-state index contributed by atoms with van der Waals surface area (Å²) in [6, 6.07) is 0. The Hall–Kier alpha value is -0.770. The Morgan fingerprint density at radius 3 is 2.29 bits per heavy atom. The largest absolute Gasteiger partial charge is 0.381 e. The highest BCUT2D eigenvalue weighted by Crippen LogP contribution is 2.46.